The van der Waals surface area contributed by atoms with Crippen LogP contribution in [0.15, 0.2) is 33.6 Å². The Morgan fingerprint density at radius 1 is 1.26 bits per heavy atom. The van der Waals surface area contributed by atoms with Crippen LogP contribution in [0.3, 0.4) is 0 Å². The third-order valence-corrected chi connectivity index (χ3v) is 4.72. The van der Waals surface area contributed by atoms with E-state index < -0.39 is 10.0 Å². The van der Waals surface area contributed by atoms with Crippen LogP contribution in [-0.4, -0.2) is 26.9 Å². The molecule has 0 aliphatic heterocycles. The van der Waals surface area contributed by atoms with Crippen molar-refractivity contribution in [1.82, 2.24) is 10.0 Å². The van der Waals surface area contributed by atoms with Crippen LogP contribution in [0.25, 0.3) is 0 Å². The average molecular weight is 347 g/mol. The van der Waals surface area contributed by atoms with E-state index in [1.165, 1.54) is 12.1 Å². The molecular formula is C12H15BrN2O3S. The van der Waals surface area contributed by atoms with Gasteiger partial charge in [0, 0.05) is 23.5 Å². The minimum Gasteiger partial charge on any atom is -0.353 e. The Kier molecular flexibility index (Phi) is 4.59. The lowest BCUT2D eigenvalue weighted by atomic mass is 10.4. The van der Waals surface area contributed by atoms with Gasteiger partial charge in [-0.15, -0.1) is 0 Å². The third kappa shape index (κ3) is 4.59. The average Bonchev–Trinajstić information content (AvgIpc) is 3.13. The summed E-state index contributed by atoms with van der Waals surface area (Å²) in [7, 11) is -3.54. The molecule has 1 aromatic carbocycles. The molecule has 0 unspecified atom stereocenters. The number of halogens is 1. The number of hydrogen-bond donors (Lipinski definition) is 2. The Morgan fingerprint density at radius 3 is 2.47 bits per heavy atom. The number of rotatable bonds is 6. The normalized spacial score (nSPS) is 15.2. The van der Waals surface area contributed by atoms with Crippen LogP contribution < -0.4 is 10.0 Å². The number of carbonyl (C=O) groups is 1. The van der Waals surface area contributed by atoms with Crippen molar-refractivity contribution < 1.29 is 13.2 Å². The first-order valence-electron chi connectivity index (χ1n) is 6.02. The number of amides is 1. The lowest BCUT2D eigenvalue weighted by Crippen LogP contribution is -2.31. The molecule has 0 radical (unpaired) electrons. The van der Waals surface area contributed by atoms with Crippen molar-refractivity contribution in [2.75, 3.05) is 6.54 Å². The van der Waals surface area contributed by atoms with Gasteiger partial charge in [-0.25, -0.2) is 13.1 Å². The Balaban J connectivity index is 1.83. The molecule has 0 atom stereocenters. The minimum absolute atomic E-state index is 0.108. The highest BCUT2D eigenvalue weighted by atomic mass is 79.9. The minimum atomic E-state index is -3.54. The van der Waals surface area contributed by atoms with E-state index in [0.717, 1.165) is 17.3 Å². The van der Waals surface area contributed by atoms with Crippen molar-refractivity contribution in [1.29, 1.82) is 0 Å². The lowest BCUT2D eigenvalue weighted by Gasteiger charge is -2.07. The summed E-state index contributed by atoms with van der Waals surface area (Å²) in [5.74, 6) is -0.110. The number of hydrogen-bond acceptors (Lipinski definition) is 3. The zero-order valence-corrected chi connectivity index (χ0v) is 12.6. The lowest BCUT2D eigenvalue weighted by molar-refractivity contribution is -0.121. The monoisotopic (exact) mass is 346 g/mol. The first kappa shape index (κ1) is 14.5. The predicted molar refractivity (Wildman–Crippen MR) is 75.1 cm³/mol. The zero-order chi connectivity index (χ0) is 13.9. The molecule has 1 aliphatic rings. The van der Waals surface area contributed by atoms with Gasteiger partial charge in [0.1, 0.15) is 0 Å². The topological polar surface area (TPSA) is 75.3 Å². The van der Waals surface area contributed by atoms with Gasteiger partial charge in [0.05, 0.1) is 4.90 Å². The molecule has 1 fully saturated rings. The van der Waals surface area contributed by atoms with Gasteiger partial charge in [-0.3, -0.25) is 4.79 Å². The Labute approximate surface area is 121 Å². The summed E-state index contributed by atoms with van der Waals surface area (Å²) in [5, 5.41) is 2.81. The summed E-state index contributed by atoms with van der Waals surface area (Å²) in [5.41, 5.74) is 0. The maximum atomic E-state index is 11.9. The van der Waals surface area contributed by atoms with E-state index in [2.05, 4.69) is 26.0 Å². The van der Waals surface area contributed by atoms with Gasteiger partial charge in [-0.1, -0.05) is 15.9 Å². The molecule has 1 aliphatic carbocycles. The summed E-state index contributed by atoms with van der Waals surface area (Å²) < 4.78 is 27.0. The van der Waals surface area contributed by atoms with E-state index >= 15 is 0 Å². The highest BCUT2D eigenvalue weighted by Crippen LogP contribution is 2.18. The van der Waals surface area contributed by atoms with E-state index in [9.17, 15) is 13.2 Å². The molecule has 2 rings (SSSR count). The molecule has 5 nitrogen and oxygen atoms in total. The molecule has 1 aromatic rings. The van der Waals surface area contributed by atoms with Crippen LogP contribution in [0, 0.1) is 0 Å². The molecule has 19 heavy (non-hydrogen) atoms. The van der Waals surface area contributed by atoms with E-state index in [0.29, 0.717) is 6.04 Å². The number of sulfonamides is 1. The van der Waals surface area contributed by atoms with Crippen molar-refractivity contribution in [3.05, 3.63) is 28.7 Å². The fourth-order valence-corrected chi connectivity index (χ4v) is 2.82. The summed E-state index contributed by atoms with van der Waals surface area (Å²) >= 11 is 3.24. The maximum absolute atomic E-state index is 11.9. The summed E-state index contributed by atoms with van der Waals surface area (Å²) in [6.07, 6.45) is 2.21. The van der Waals surface area contributed by atoms with E-state index in [1.807, 2.05) is 0 Å². The van der Waals surface area contributed by atoms with Crippen LogP contribution in [0.5, 0.6) is 0 Å². The second kappa shape index (κ2) is 6.02. The van der Waals surface area contributed by atoms with Crippen molar-refractivity contribution in [2.24, 2.45) is 0 Å². The van der Waals surface area contributed by atoms with Gasteiger partial charge in [-0.2, -0.15) is 0 Å². The van der Waals surface area contributed by atoms with Gasteiger partial charge >= 0.3 is 0 Å². The molecule has 2 N–H and O–H groups in total. The Hall–Kier alpha value is -0.920. The number of benzene rings is 1. The van der Waals surface area contributed by atoms with E-state index in [-0.39, 0.29) is 23.8 Å². The van der Waals surface area contributed by atoms with Gasteiger partial charge in [0.15, 0.2) is 0 Å². The van der Waals surface area contributed by atoms with Gasteiger partial charge in [0.2, 0.25) is 15.9 Å². The molecule has 0 heterocycles. The maximum Gasteiger partial charge on any atom is 0.240 e. The van der Waals surface area contributed by atoms with E-state index in [4.69, 9.17) is 0 Å². The molecule has 0 bridgehead atoms. The molecule has 0 aromatic heterocycles. The second-order valence-electron chi connectivity index (χ2n) is 4.44. The van der Waals surface area contributed by atoms with Crippen LogP contribution in [-0.2, 0) is 14.8 Å². The van der Waals surface area contributed by atoms with Crippen molar-refractivity contribution in [3.63, 3.8) is 0 Å². The predicted octanol–water partition coefficient (Wildman–Crippen LogP) is 1.40. The Morgan fingerprint density at radius 2 is 1.89 bits per heavy atom. The molecule has 1 amide bonds. The summed E-state index contributed by atoms with van der Waals surface area (Å²) in [6.45, 7) is 0.108. The standard InChI is InChI=1S/C12H15BrN2O3S/c13-9-1-5-11(6-2-9)19(17,18)14-8-7-12(16)15-10-3-4-10/h1-2,5-6,10,14H,3-4,7-8H2,(H,15,16). The SMILES string of the molecule is O=C(CCNS(=O)(=O)c1ccc(Br)cc1)NC1CC1. The van der Waals surface area contributed by atoms with Gasteiger partial charge in [0.25, 0.3) is 0 Å². The summed E-state index contributed by atoms with van der Waals surface area (Å²) in [4.78, 5) is 11.6. The second-order valence-corrected chi connectivity index (χ2v) is 7.13. The molecule has 104 valence electrons. The fraction of sp³-hybridized carbons (Fsp3) is 0.417. The van der Waals surface area contributed by atoms with Gasteiger partial charge in [-0.05, 0) is 37.1 Å². The molecule has 0 saturated heterocycles. The number of nitrogens with one attached hydrogen (secondary N) is 2. The molecule has 0 spiro atoms. The smallest absolute Gasteiger partial charge is 0.240 e. The third-order valence-electron chi connectivity index (χ3n) is 2.71. The van der Waals surface area contributed by atoms with Crippen LogP contribution >= 0.6 is 15.9 Å². The molecule has 7 heteroatoms. The quantitative estimate of drug-likeness (QED) is 0.817. The zero-order valence-electron chi connectivity index (χ0n) is 10.2. The van der Waals surface area contributed by atoms with Crippen molar-refractivity contribution >= 4 is 31.9 Å². The first-order chi connectivity index (χ1) is 8.97. The van der Waals surface area contributed by atoms with E-state index in [1.54, 1.807) is 12.1 Å². The number of carbonyl (C=O) groups excluding carboxylic acids is 1. The van der Waals surface area contributed by atoms with Crippen molar-refractivity contribution in [2.45, 2.75) is 30.2 Å². The van der Waals surface area contributed by atoms with Crippen molar-refractivity contribution in [3.8, 4) is 0 Å². The fourth-order valence-electron chi connectivity index (χ4n) is 1.52. The van der Waals surface area contributed by atoms with Gasteiger partial charge < -0.3 is 5.32 Å². The van der Waals surface area contributed by atoms with Crippen LogP contribution in [0.4, 0.5) is 0 Å². The highest BCUT2D eigenvalue weighted by molar-refractivity contribution is 9.10. The van der Waals surface area contributed by atoms with Crippen LogP contribution in [0.1, 0.15) is 19.3 Å². The largest absolute Gasteiger partial charge is 0.353 e. The summed E-state index contributed by atoms with van der Waals surface area (Å²) in [6, 6.07) is 6.64. The van der Waals surface area contributed by atoms with Crippen LogP contribution in [0.2, 0.25) is 0 Å². The first-order valence-corrected chi connectivity index (χ1v) is 8.29. The molecular weight excluding hydrogens is 332 g/mol. The molecule has 1 saturated carbocycles. The highest BCUT2D eigenvalue weighted by Gasteiger charge is 2.23. The Bertz CT molecular complexity index is 553.